The summed E-state index contributed by atoms with van der Waals surface area (Å²) >= 11 is 3.64. The molecule has 2 N–H and O–H groups in total. The van der Waals surface area contributed by atoms with Gasteiger partial charge in [0.15, 0.2) is 0 Å². The van der Waals surface area contributed by atoms with Gasteiger partial charge in [-0.2, -0.15) is 0 Å². The van der Waals surface area contributed by atoms with Gasteiger partial charge in [-0.15, -0.1) is 0 Å². The largest absolute Gasteiger partial charge is 0.466 e. The van der Waals surface area contributed by atoms with Crippen molar-refractivity contribution in [2.45, 2.75) is 69.7 Å². The van der Waals surface area contributed by atoms with Crippen molar-refractivity contribution in [3.8, 4) is 0 Å². The predicted octanol–water partition coefficient (Wildman–Crippen LogP) is 2.80. The van der Waals surface area contributed by atoms with E-state index in [1.165, 1.54) is 4.90 Å². The van der Waals surface area contributed by atoms with Gasteiger partial charge in [0, 0.05) is 29.3 Å². The van der Waals surface area contributed by atoms with Crippen molar-refractivity contribution in [1.82, 2.24) is 4.90 Å². The van der Waals surface area contributed by atoms with E-state index in [1.54, 1.807) is 6.92 Å². The SMILES string of the molecule is CCOC(=O)[C@H]1[C@@H]2OC3(CC2Br)C(C(=O)Nc2ccc(N(CC)CC)cc2)N([C@@H](CO)C(C)C)C(=O)[C@H]13. The topological polar surface area (TPSA) is 108 Å². The molecule has 3 aliphatic heterocycles. The monoisotopic (exact) mass is 579 g/mol. The van der Waals surface area contributed by atoms with Crippen LogP contribution < -0.4 is 10.2 Å². The molecule has 1 aromatic rings. The van der Waals surface area contributed by atoms with E-state index in [2.05, 4.69) is 40.0 Å². The van der Waals surface area contributed by atoms with E-state index >= 15 is 0 Å². The first-order valence-corrected chi connectivity index (χ1v) is 14.1. The number of carbonyl (C=O) groups is 3. The Hall–Kier alpha value is -2.17. The molecule has 2 bridgehead atoms. The first kappa shape index (κ1) is 27.9. The number of alkyl halides is 1. The standard InChI is InChI=1S/C27H38BrN3O6/c1-6-30(7-2)17-11-9-16(10-12-17)29-24(33)23-27-13-18(28)22(37-27)20(26(35)36-8-3)21(27)25(34)31(23)19(14-32)15(4)5/h9-12,15,18-23,32H,6-8,13-14H2,1-5H3,(H,29,33)/t18?,19-,20+,21-,22+,23?,27?/m0/s1. The fraction of sp³-hybridized carbons (Fsp3) is 0.667. The highest BCUT2D eigenvalue weighted by atomic mass is 79.9. The van der Waals surface area contributed by atoms with Crippen molar-refractivity contribution >= 4 is 45.1 Å². The molecule has 3 heterocycles. The molecular formula is C27H38BrN3O6. The van der Waals surface area contributed by atoms with Crippen LogP contribution in [0, 0.1) is 17.8 Å². The molecule has 204 valence electrons. The molecule has 7 atom stereocenters. The Morgan fingerprint density at radius 1 is 1.24 bits per heavy atom. The number of fused-ring (bicyclic) bond motifs is 1. The van der Waals surface area contributed by atoms with E-state index in [0.717, 1.165) is 18.8 Å². The van der Waals surface area contributed by atoms with Crippen LogP contribution in [-0.2, 0) is 23.9 Å². The van der Waals surface area contributed by atoms with Crippen LogP contribution in [0.3, 0.4) is 0 Å². The lowest BCUT2D eigenvalue weighted by molar-refractivity contribution is -0.155. The minimum atomic E-state index is -1.19. The summed E-state index contributed by atoms with van der Waals surface area (Å²) in [6.07, 6.45) is -0.166. The maximum absolute atomic E-state index is 14.0. The number of anilines is 2. The second-order valence-electron chi connectivity index (χ2n) is 10.4. The summed E-state index contributed by atoms with van der Waals surface area (Å²) < 4.78 is 11.8. The molecule has 3 fully saturated rings. The zero-order valence-electron chi connectivity index (χ0n) is 22.1. The van der Waals surface area contributed by atoms with Crippen LogP contribution in [-0.4, -0.2) is 82.7 Å². The number of likely N-dealkylation sites (tertiary alicyclic amines) is 1. The Kier molecular flexibility index (Phi) is 8.21. The van der Waals surface area contributed by atoms with Gasteiger partial charge in [-0.25, -0.2) is 0 Å². The van der Waals surface area contributed by atoms with Crippen molar-refractivity contribution in [1.29, 1.82) is 0 Å². The Morgan fingerprint density at radius 3 is 2.43 bits per heavy atom. The predicted molar refractivity (Wildman–Crippen MR) is 144 cm³/mol. The summed E-state index contributed by atoms with van der Waals surface area (Å²) in [5.74, 6) is -3.01. The molecule has 0 aromatic heterocycles. The quantitative estimate of drug-likeness (QED) is 0.324. The zero-order valence-corrected chi connectivity index (χ0v) is 23.7. The van der Waals surface area contributed by atoms with Crippen LogP contribution >= 0.6 is 15.9 Å². The third kappa shape index (κ3) is 4.55. The van der Waals surface area contributed by atoms with Gasteiger partial charge in [-0.05, 0) is 57.4 Å². The van der Waals surface area contributed by atoms with Crippen molar-refractivity contribution in [3.63, 3.8) is 0 Å². The van der Waals surface area contributed by atoms with Gasteiger partial charge in [-0.3, -0.25) is 14.4 Å². The van der Waals surface area contributed by atoms with Crippen molar-refractivity contribution in [2.75, 3.05) is 36.5 Å². The average molecular weight is 581 g/mol. The molecule has 0 saturated carbocycles. The van der Waals surface area contributed by atoms with Gasteiger partial charge in [0.1, 0.15) is 11.6 Å². The summed E-state index contributed by atoms with van der Waals surface area (Å²) in [6.45, 7) is 11.3. The maximum Gasteiger partial charge on any atom is 0.312 e. The number of aliphatic hydroxyl groups is 1. The number of amides is 2. The Labute approximate surface area is 227 Å². The summed E-state index contributed by atoms with van der Waals surface area (Å²) in [6, 6.07) is 5.98. The van der Waals surface area contributed by atoms with E-state index in [4.69, 9.17) is 9.47 Å². The number of nitrogens with one attached hydrogen (secondary N) is 1. The fourth-order valence-electron chi connectivity index (χ4n) is 6.41. The number of aliphatic hydroxyl groups excluding tert-OH is 1. The molecule has 10 heteroatoms. The number of rotatable bonds is 10. The minimum Gasteiger partial charge on any atom is -0.466 e. The van der Waals surface area contributed by atoms with Gasteiger partial charge in [0.05, 0.1) is 37.2 Å². The molecule has 2 amide bonds. The van der Waals surface area contributed by atoms with Crippen molar-refractivity contribution in [2.24, 2.45) is 17.8 Å². The number of carbonyl (C=O) groups excluding carboxylic acids is 3. The highest BCUT2D eigenvalue weighted by Gasteiger charge is 2.77. The Morgan fingerprint density at radius 2 is 1.89 bits per heavy atom. The number of halogens is 1. The molecule has 0 radical (unpaired) electrons. The van der Waals surface area contributed by atoms with Gasteiger partial charge in [0.25, 0.3) is 0 Å². The van der Waals surface area contributed by atoms with E-state index in [0.29, 0.717) is 12.1 Å². The first-order valence-electron chi connectivity index (χ1n) is 13.2. The summed E-state index contributed by atoms with van der Waals surface area (Å²) in [5.41, 5.74) is 0.459. The minimum absolute atomic E-state index is 0.120. The third-order valence-electron chi connectivity index (χ3n) is 8.11. The first-order chi connectivity index (χ1) is 17.6. The van der Waals surface area contributed by atoms with Gasteiger partial charge in [0.2, 0.25) is 11.8 Å². The average Bonchev–Trinajstić information content (AvgIpc) is 3.45. The molecule has 3 saturated heterocycles. The molecule has 1 aromatic carbocycles. The maximum atomic E-state index is 14.0. The van der Waals surface area contributed by atoms with E-state index in [-0.39, 0.29) is 29.9 Å². The van der Waals surface area contributed by atoms with Crippen LogP contribution in [0.5, 0.6) is 0 Å². The van der Waals surface area contributed by atoms with Crippen LogP contribution in [0.25, 0.3) is 0 Å². The van der Waals surface area contributed by atoms with Gasteiger partial charge >= 0.3 is 5.97 Å². The van der Waals surface area contributed by atoms with Gasteiger partial charge < -0.3 is 29.7 Å². The molecule has 9 nitrogen and oxygen atoms in total. The van der Waals surface area contributed by atoms with Crippen LogP contribution in [0.2, 0.25) is 0 Å². The number of esters is 1. The lowest BCUT2D eigenvalue weighted by Crippen LogP contribution is -2.57. The number of ether oxygens (including phenoxy) is 2. The summed E-state index contributed by atoms with van der Waals surface area (Å²) in [5, 5.41) is 13.2. The normalized spacial score (nSPS) is 31.0. The van der Waals surface area contributed by atoms with Crippen LogP contribution in [0.4, 0.5) is 11.4 Å². The molecule has 37 heavy (non-hydrogen) atoms. The number of hydrogen-bond donors (Lipinski definition) is 2. The second-order valence-corrected chi connectivity index (χ2v) is 11.5. The number of benzene rings is 1. The van der Waals surface area contributed by atoms with Crippen LogP contribution in [0.15, 0.2) is 24.3 Å². The molecule has 1 spiro atoms. The number of nitrogens with zero attached hydrogens (tertiary/aromatic N) is 2. The van der Waals surface area contributed by atoms with E-state index < -0.39 is 47.5 Å². The van der Waals surface area contributed by atoms with Crippen molar-refractivity contribution < 1.29 is 29.0 Å². The Bertz CT molecular complexity index is 1020. The lowest BCUT2D eigenvalue weighted by atomic mass is 9.70. The lowest BCUT2D eigenvalue weighted by Gasteiger charge is -2.38. The fourth-order valence-corrected chi connectivity index (χ4v) is 7.35. The second kappa shape index (κ2) is 10.9. The summed E-state index contributed by atoms with van der Waals surface area (Å²) in [4.78, 5) is 44.4. The van der Waals surface area contributed by atoms with E-state index in [9.17, 15) is 19.5 Å². The molecular weight excluding hydrogens is 542 g/mol. The smallest absolute Gasteiger partial charge is 0.312 e. The highest BCUT2D eigenvalue weighted by molar-refractivity contribution is 9.09. The Balaban J connectivity index is 1.71. The van der Waals surface area contributed by atoms with Crippen LogP contribution in [0.1, 0.15) is 41.0 Å². The number of hydrogen-bond acceptors (Lipinski definition) is 7. The van der Waals surface area contributed by atoms with E-state index in [1.807, 2.05) is 38.1 Å². The molecule has 3 aliphatic rings. The zero-order chi connectivity index (χ0) is 27.1. The highest BCUT2D eigenvalue weighted by Crippen LogP contribution is 2.60. The molecule has 0 aliphatic carbocycles. The summed E-state index contributed by atoms with van der Waals surface area (Å²) in [7, 11) is 0. The van der Waals surface area contributed by atoms with Crippen molar-refractivity contribution in [3.05, 3.63) is 24.3 Å². The molecule has 3 unspecified atom stereocenters. The van der Waals surface area contributed by atoms with Gasteiger partial charge in [-0.1, -0.05) is 29.8 Å². The third-order valence-corrected chi connectivity index (χ3v) is 8.96. The molecule has 4 rings (SSSR count).